The molecule has 2 aromatic carbocycles. The Morgan fingerprint density at radius 2 is 1.54 bits per heavy atom. The maximum absolute atomic E-state index is 12.6. The van der Waals surface area contributed by atoms with E-state index < -0.39 is 12.1 Å². The molecule has 0 fully saturated rings. The molecule has 0 unspecified atom stereocenters. The van der Waals surface area contributed by atoms with Crippen LogP contribution in [0.1, 0.15) is 36.7 Å². The van der Waals surface area contributed by atoms with Crippen LogP contribution in [0.2, 0.25) is 0 Å². The number of methoxy groups -OCH3 is 1. The predicted octanol–water partition coefficient (Wildman–Crippen LogP) is 5.59. The molecule has 4 aromatic rings. The molecular formula is C26H25F3N4O4. The first kappa shape index (κ1) is 27.2. The van der Waals surface area contributed by atoms with Crippen LogP contribution in [0.25, 0.3) is 16.9 Å². The number of aromatic nitrogens is 3. The number of nitrogens with one attached hydrogen (secondary N) is 1. The van der Waals surface area contributed by atoms with Gasteiger partial charge in [0.2, 0.25) is 0 Å². The maximum atomic E-state index is 12.6. The normalized spacial score (nSPS) is 11.4. The number of carbonyl (C=O) groups is 2. The SMILES string of the molecule is COc1ccc(-c2ccc3nc(NC(=O)c4ccc(C(C)(C)C)cc4)cn3n2)cc1.O=C(O)C(F)(F)F. The van der Waals surface area contributed by atoms with E-state index in [0.29, 0.717) is 17.0 Å². The van der Waals surface area contributed by atoms with Gasteiger partial charge in [-0.1, -0.05) is 32.9 Å². The van der Waals surface area contributed by atoms with Crippen LogP contribution in [-0.2, 0) is 10.2 Å². The third-order valence-electron chi connectivity index (χ3n) is 5.20. The van der Waals surface area contributed by atoms with Crippen molar-refractivity contribution in [1.29, 1.82) is 0 Å². The lowest BCUT2D eigenvalue weighted by Crippen LogP contribution is -2.21. The number of hydrogen-bond donors (Lipinski definition) is 2. The second-order valence-corrected chi connectivity index (χ2v) is 8.96. The predicted molar refractivity (Wildman–Crippen MR) is 132 cm³/mol. The topological polar surface area (TPSA) is 106 Å². The Bertz CT molecular complexity index is 1390. The largest absolute Gasteiger partial charge is 0.497 e. The number of benzene rings is 2. The first-order valence-corrected chi connectivity index (χ1v) is 11.0. The Morgan fingerprint density at radius 3 is 2.05 bits per heavy atom. The summed E-state index contributed by atoms with van der Waals surface area (Å²) in [5.41, 5.74) is 4.25. The zero-order chi connectivity index (χ0) is 27.4. The van der Waals surface area contributed by atoms with Gasteiger partial charge in [-0.15, -0.1) is 0 Å². The average Bonchev–Trinajstić information content (AvgIpc) is 3.25. The number of ether oxygens (including phenoxy) is 1. The van der Waals surface area contributed by atoms with Crippen LogP contribution in [0.5, 0.6) is 5.75 Å². The molecule has 0 aliphatic heterocycles. The van der Waals surface area contributed by atoms with E-state index in [4.69, 9.17) is 14.6 Å². The van der Waals surface area contributed by atoms with Crippen molar-refractivity contribution in [2.45, 2.75) is 32.4 Å². The van der Waals surface area contributed by atoms with E-state index in [1.165, 1.54) is 5.56 Å². The van der Waals surface area contributed by atoms with Gasteiger partial charge in [0.1, 0.15) is 5.75 Å². The van der Waals surface area contributed by atoms with Gasteiger partial charge in [-0.05, 0) is 59.5 Å². The van der Waals surface area contributed by atoms with Gasteiger partial charge in [0.05, 0.1) is 19.0 Å². The highest BCUT2D eigenvalue weighted by Gasteiger charge is 2.38. The van der Waals surface area contributed by atoms with Crippen LogP contribution in [0, 0.1) is 0 Å². The summed E-state index contributed by atoms with van der Waals surface area (Å²) >= 11 is 0. The molecule has 0 bridgehead atoms. The summed E-state index contributed by atoms with van der Waals surface area (Å²) in [6.45, 7) is 6.43. The number of amides is 1. The molecular weight excluding hydrogens is 489 g/mol. The zero-order valence-corrected chi connectivity index (χ0v) is 20.5. The van der Waals surface area contributed by atoms with E-state index in [2.05, 4.69) is 36.2 Å². The summed E-state index contributed by atoms with van der Waals surface area (Å²) in [4.78, 5) is 25.9. The number of imidazole rings is 1. The highest BCUT2D eigenvalue weighted by molar-refractivity contribution is 6.03. The van der Waals surface area contributed by atoms with Crippen LogP contribution in [-0.4, -0.2) is 44.9 Å². The first-order chi connectivity index (χ1) is 17.3. The van der Waals surface area contributed by atoms with E-state index in [9.17, 15) is 18.0 Å². The standard InChI is InChI=1S/C24H24N4O2.C2HF3O2/c1-24(2,3)18-9-5-17(6-10-18)23(29)26-21-15-28-22(25-21)14-13-20(27-28)16-7-11-19(30-4)12-8-16;3-2(4,5)1(6)7/h5-15H,1-4H3,(H,26,29);(H,6,7). The molecule has 194 valence electrons. The Kier molecular flexibility index (Phi) is 7.85. The highest BCUT2D eigenvalue weighted by atomic mass is 19.4. The van der Waals surface area contributed by atoms with Gasteiger partial charge in [0.15, 0.2) is 11.5 Å². The molecule has 0 saturated heterocycles. The zero-order valence-electron chi connectivity index (χ0n) is 20.5. The van der Waals surface area contributed by atoms with Crippen LogP contribution in [0.4, 0.5) is 19.0 Å². The molecule has 2 heterocycles. The first-order valence-electron chi connectivity index (χ1n) is 11.0. The second-order valence-electron chi connectivity index (χ2n) is 8.96. The number of fused-ring (bicyclic) bond motifs is 1. The third kappa shape index (κ3) is 7.06. The summed E-state index contributed by atoms with van der Waals surface area (Å²) in [7, 11) is 1.64. The van der Waals surface area contributed by atoms with Crippen molar-refractivity contribution >= 4 is 23.3 Å². The van der Waals surface area contributed by atoms with Gasteiger partial charge in [-0.3, -0.25) is 4.79 Å². The van der Waals surface area contributed by atoms with Crippen LogP contribution >= 0.6 is 0 Å². The number of aliphatic carboxylic acids is 1. The van der Waals surface area contributed by atoms with E-state index in [-0.39, 0.29) is 11.3 Å². The molecule has 1 amide bonds. The van der Waals surface area contributed by atoms with Gasteiger partial charge in [0, 0.05) is 11.1 Å². The molecule has 2 aromatic heterocycles. The Balaban J connectivity index is 0.000000479. The fourth-order valence-electron chi connectivity index (χ4n) is 3.17. The number of hydrogen-bond acceptors (Lipinski definition) is 5. The van der Waals surface area contributed by atoms with Crippen molar-refractivity contribution in [3.8, 4) is 17.0 Å². The smallest absolute Gasteiger partial charge is 0.490 e. The van der Waals surface area contributed by atoms with Gasteiger partial charge < -0.3 is 15.2 Å². The number of halogens is 3. The Hall–Kier alpha value is -4.41. The van der Waals surface area contributed by atoms with Crippen molar-refractivity contribution in [3.63, 3.8) is 0 Å². The van der Waals surface area contributed by atoms with Gasteiger partial charge >= 0.3 is 12.1 Å². The minimum atomic E-state index is -5.08. The minimum Gasteiger partial charge on any atom is -0.497 e. The Morgan fingerprint density at radius 1 is 0.946 bits per heavy atom. The van der Waals surface area contributed by atoms with Crippen molar-refractivity contribution in [1.82, 2.24) is 14.6 Å². The summed E-state index contributed by atoms with van der Waals surface area (Å²) in [6.07, 6.45) is -3.37. The maximum Gasteiger partial charge on any atom is 0.490 e. The van der Waals surface area contributed by atoms with Crippen molar-refractivity contribution in [2.24, 2.45) is 0 Å². The van der Waals surface area contributed by atoms with Crippen LogP contribution < -0.4 is 10.1 Å². The Labute approximate surface area is 210 Å². The molecule has 0 aliphatic carbocycles. The molecule has 0 spiro atoms. The molecule has 0 aliphatic rings. The summed E-state index contributed by atoms with van der Waals surface area (Å²) in [5, 5.41) is 14.6. The number of anilines is 1. The van der Waals surface area contributed by atoms with Crippen molar-refractivity contribution in [3.05, 3.63) is 78.0 Å². The number of alkyl halides is 3. The lowest BCUT2D eigenvalue weighted by atomic mass is 9.87. The molecule has 4 rings (SSSR count). The third-order valence-corrected chi connectivity index (χ3v) is 5.20. The highest BCUT2D eigenvalue weighted by Crippen LogP contribution is 2.23. The van der Waals surface area contributed by atoms with E-state index >= 15 is 0 Å². The molecule has 2 N–H and O–H groups in total. The van der Waals surface area contributed by atoms with Gasteiger partial charge in [-0.25, -0.2) is 14.3 Å². The molecule has 11 heteroatoms. The summed E-state index contributed by atoms with van der Waals surface area (Å²) < 4.78 is 38.6. The van der Waals surface area contributed by atoms with Crippen LogP contribution in [0.15, 0.2) is 66.9 Å². The van der Waals surface area contributed by atoms with E-state index in [1.54, 1.807) is 17.8 Å². The summed E-state index contributed by atoms with van der Waals surface area (Å²) in [5.74, 6) is -1.70. The molecule has 0 radical (unpaired) electrons. The van der Waals surface area contributed by atoms with Crippen molar-refractivity contribution < 1.29 is 32.6 Å². The van der Waals surface area contributed by atoms with E-state index in [0.717, 1.165) is 17.0 Å². The fraction of sp³-hybridized carbons (Fsp3) is 0.231. The quantitative estimate of drug-likeness (QED) is 0.368. The average molecular weight is 515 g/mol. The van der Waals surface area contributed by atoms with Crippen LogP contribution in [0.3, 0.4) is 0 Å². The van der Waals surface area contributed by atoms with Gasteiger partial charge in [-0.2, -0.15) is 18.3 Å². The monoisotopic (exact) mass is 514 g/mol. The molecule has 37 heavy (non-hydrogen) atoms. The van der Waals surface area contributed by atoms with E-state index in [1.807, 2.05) is 60.7 Å². The second kappa shape index (κ2) is 10.7. The molecule has 0 saturated carbocycles. The van der Waals surface area contributed by atoms with Gasteiger partial charge in [0.25, 0.3) is 5.91 Å². The van der Waals surface area contributed by atoms with Crippen molar-refractivity contribution in [2.75, 3.05) is 12.4 Å². The number of carbonyl (C=O) groups excluding carboxylic acids is 1. The number of nitrogens with zero attached hydrogens (tertiary/aromatic N) is 3. The molecule has 0 atom stereocenters. The molecule has 8 nitrogen and oxygen atoms in total. The lowest BCUT2D eigenvalue weighted by molar-refractivity contribution is -0.192. The minimum absolute atomic E-state index is 0.0455. The number of rotatable bonds is 4. The lowest BCUT2D eigenvalue weighted by Gasteiger charge is -2.18. The summed E-state index contributed by atoms with van der Waals surface area (Å²) in [6, 6.07) is 19.1. The number of carboxylic acid groups (broad SMARTS) is 1. The number of carboxylic acids is 1. The fourth-order valence-corrected chi connectivity index (χ4v) is 3.17.